The van der Waals surface area contributed by atoms with E-state index in [0.29, 0.717) is 16.6 Å². The number of carbonyl (C=O) groups excluding carboxylic acids is 1. The third kappa shape index (κ3) is 3.45. The van der Waals surface area contributed by atoms with Gasteiger partial charge in [0.25, 0.3) is 0 Å². The molecule has 0 saturated heterocycles. The normalized spacial score (nSPS) is 17.2. The van der Waals surface area contributed by atoms with Gasteiger partial charge in [0.1, 0.15) is 5.00 Å². The fourth-order valence-corrected chi connectivity index (χ4v) is 4.59. The zero-order valence-corrected chi connectivity index (χ0v) is 13.3. The number of hydrogen-bond donors (Lipinski definition) is 2. The molecular formula is C14H22N2OS2. The molecular weight excluding hydrogens is 276 g/mol. The monoisotopic (exact) mass is 298 g/mol. The van der Waals surface area contributed by atoms with E-state index in [9.17, 15) is 4.79 Å². The van der Waals surface area contributed by atoms with Crippen LogP contribution in [-0.2, 0) is 0 Å². The molecule has 1 fully saturated rings. The van der Waals surface area contributed by atoms with Gasteiger partial charge in [0, 0.05) is 13.0 Å². The number of rotatable bonds is 4. The Labute approximate surface area is 123 Å². The molecule has 19 heavy (non-hydrogen) atoms. The Hall–Kier alpha value is -0.680. The van der Waals surface area contributed by atoms with Gasteiger partial charge in [0.2, 0.25) is 0 Å². The zero-order valence-electron chi connectivity index (χ0n) is 11.6. The highest BCUT2D eigenvalue weighted by Gasteiger charge is 2.20. The summed E-state index contributed by atoms with van der Waals surface area (Å²) in [6, 6.07) is 0.534. The van der Waals surface area contributed by atoms with Crippen molar-refractivity contribution in [3.63, 3.8) is 0 Å². The van der Waals surface area contributed by atoms with E-state index in [0.717, 1.165) is 9.90 Å². The number of nitrogens with two attached hydrogens (primary N) is 1. The van der Waals surface area contributed by atoms with Crippen LogP contribution in [0.15, 0.2) is 4.90 Å². The first kappa shape index (κ1) is 14.7. The molecule has 1 aromatic heterocycles. The molecule has 1 aromatic rings. The van der Waals surface area contributed by atoms with Crippen LogP contribution in [0.4, 0.5) is 10.7 Å². The third-order valence-corrected chi connectivity index (χ3v) is 5.81. The second kappa shape index (κ2) is 6.66. The van der Waals surface area contributed by atoms with Gasteiger partial charge in [-0.15, -0.1) is 23.1 Å². The summed E-state index contributed by atoms with van der Waals surface area (Å²) in [7, 11) is 0. The summed E-state index contributed by atoms with van der Waals surface area (Å²) in [6.07, 6.45) is 9.75. The molecule has 0 unspecified atom stereocenters. The molecule has 2 rings (SSSR count). The first-order valence-electron chi connectivity index (χ1n) is 6.87. The Morgan fingerprint density at radius 2 is 1.95 bits per heavy atom. The maximum atomic E-state index is 11.6. The fourth-order valence-electron chi connectivity index (χ4n) is 2.60. The fraction of sp³-hybridized carbons (Fsp3) is 0.643. The van der Waals surface area contributed by atoms with Gasteiger partial charge in [-0.25, -0.2) is 0 Å². The van der Waals surface area contributed by atoms with E-state index in [4.69, 9.17) is 5.73 Å². The van der Waals surface area contributed by atoms with E-state index < -0.39 is 0 Å². The number of hydrogen-bond acceptors (Lipinski definition) is 5. The molecule has 1 heterocycles. The highest BCUT2D eigenvalue weighted by Crippen LogP contribution is 2.42. The summed E-state index contributed by atoms with van der Waals surface area (Å²) in [6.45, 7) is 1.59. The number of thioether (sulfide) groups is 1. The molecule has 0 aromatic carbocycles. The molecule has 0 spiro atoms. The van der Waals surface area contributed by atoms with E-state index in [1.807, 2.05) is 6.26 Å². The van der Waals surface area contributed by atoms with Gasteiger partial charge in [-0.2, -0.15) is 0 Å². The lowest BCUT2D eigenvalue weighted by atomic mass is 10.1. The van der Waals surface area contributed by atoms with E-state index in [1.54, 1.807) is 18.7 Å². The van der Waals surface area contributed by atoms with Crippen LogP contribution in [0.1, 0.15) is 55.1 Å². The van der Waals surface area contributed by atoms with E-state index in [1.165, 1.54) is 49.9 Å². The molecule has 5 heteroatoms. The Bertz CT molecular complexity index is 449. The van der Waals surface area contributed by atoms with Crippen LogP contribution in [-0.4, -0.2) is 18.1 Å². The molecule has 1 aliphatic carbocycles. The Morgan fingerprint density at radius 3 is 2.47 bits per heavy atom. The van der Waals surface area contributed by atoms with Gasteiger partial charge in [-0.1, -0.05) is 25.7 Å². The average molecular weight is 298 g/mol. The number of Topliss-reactive ketones (excluding diaryl/α,β-unsaturated/α-hetero) is 1. The maximum Gasteiger partial charge on any atom is 0.171 e. The lowest BCUT2D eigenvalue weighted by Gasteiger charge is -2.17. The molecule has 3 N–H and O–H groups in total. The molecule has 0 aliphatic heterocycles. The van der Waals surface area contributed by atoms with Crippen molar-refractivity contribution < 1.29 is 4.79 Å². The topological polar surface area (TPSA) is 55.1 Å². The molecule has 0 bridgehead atoms. The SMILES string of the molecule is CSc1c(NC2CCCCCC2)sc(C(C)=O)c1N. The molecule has 0 radical (unpaired) electrons. The number of anilines is 2. The van der Waals surface area contributed by atoms with Crippen LogP contribution in [0.5, 0.6) is 0 Å². The summed E-state index contributed by atoms with van der Waals surface area (Å²) < 4.78 is 0. The number of thiophene rings is 1. The van der Waals surface area contributed by atoms with E-state index >= 15 is 0 Å². The van der Waals surface area contributed by atoms with Gasteiger partial charge in [-0.3, -0.25) is 4.79 Å². The Kier molecular flexibility index (Phi) is 5.16. The van der Waals surface area contributed by atoms with Crippen molar-refractivity contribution in [3.8, 4) is 0 Å². The van der Waals surface area contributed by atoms with Crippen molar-refractivity contribution >= 4 is 39.6 Å². The van der Waals surface area contributed by atoms with Gasteiger partial charge in [0.05, 0.1) is 15.5 Å². The van der Waals surface area contributed by atoms with Gasteiger partial charge in [-0.05, 0) is 19.1 Å². The Morgan fingerprint density at radius 1 is 1.32 bits per heavy atom. The summed E-state index contributed by atoms with van der Waals surface area (Å²) in [4.78, 5) is 13.3. The minimum absolute atomic E-state index is 0.0618. The van der Waals surface area contributed by atoms with Crippen molar-refractivity contribution in [1.29, 1.82) is 0 Å². The number of nitrogen functional groups attached to an aromatic ring is 1. The summed E-state index contributed by atoms with van der Waals surface area (Å²) in [5.74, 6) is 0.0618. The predicted octanol–water partition coefficient (Wildman–Crippen LogP) is 4.39. The predicted molar refractivity (Wildman–Crippen MR) is 85.6 cm³/mol. The minimum atomic E-state index is 0.0618. The lowest BCUT2D eigenvalue weighted by molar-refractivity contribution is 0.102. The minimum Gasteiger partial charge on any atom is -0.396 e. The summed E-state index contributed by atoms with van der Waals surface area (Å²) in [5, 5.41) is 4.71. The molecule has 106 valence electrons. The van der Waals surface area contributed by atoms with Gasteiger partial charge >= 0.3 is 0 Å². The first-order chi connectivity index (χ1) is 9.13. The van der Waals surface area contributed by atoms with E-state index in [-0.39, 0.29) is 5.78 Å². The highest BCUT2D eigenvalue weighted by molar-refractivity contribution is 7.99. The van der Waals surface area contributed by atoms with Crippen LogP contribution in [0.25, 0.3) is 0 Å². The maximum absolute atomic E-state index is 11.6. The number of nitrogens with one attached hydrogen (secondary N) is 1. The average Bonchev–Trinajstić information content (AvgIpc) is 2.55. The van der Waals surface area contributed by atoms with E-state index in [2.05, 4.69) is 5.32 Å². The zero-order chi connectivity index (χ0) is 13.8. The van der Waals surface area contributed by atoms with Crippen LogP contribution in [0, 0.1) is 0 Å². The molecule has 0 amide bonds. The largest absolute Gasteiger partial charge is 0.396 e. The molecule has 1 saturated carbocycles. The molecule has 3 nitrogen and oxygen atoms in total. The van der Waals surface area contributed by atoms with Crippen molar-refractivity contribution in [3.05, 3.63) is 4.88 Å². The van der Waals surface area contributed by atoms with Crippen LogP contribution in [0.2, 0.25) is 0 Å². The second-order valence-corrected chi connectivity index (χ2v) is 6.93. The van der Waals surface area contributed by atoms with Crippen molar-refractivity contribution in [2.75, 3.05) is 17.3 Å². The smallest absolute Gasteiger partial charge is 0.171 e. The van der Waals surface area contributed by atoms with Crippen molar-refractivity contribution in [1.82, 2.24) is 0 Å². The summed E-state index contributed by atoms with van der Waals surface area (Å²) in [5.41, 5.74) is 6.73. The van der Waals surface area contributed by atoms with Gasteiger partial charge < -0.3 is 11.1 Å². The van der Waals surface area contributed by atoms with Crippen LogP contribution in [0.3, 0.4) is 0 Å². The number of ketones is 1. The quantitative estimate of drug-likeness (QED) is 0.492. The van der Waals surface area contributed by atoms with Gasteiger partial charge in [0.15, 0.2) is 5.78 Å². The Balaban J connectivity index is 2.18. The van der Waals surface area contributed by atoms with Crippen molar-refractivity contribution in [2.24, 2.45) is 0 Å². The highest BCUT2D eigenvalue weighted by atomic mass is 32.2. The van der Waals surface area contributed by atoms with Crippen LogP contribution >= 0.6 is 23.1 Å². The van der Waals surface area contributed by atoms with Crippen LogP contribution < -0.4 is 11.1 Å². The van der Waals surface area contributed by atoms with Crippen molar-refractivity contribution in [2.45, 2.75) is 56.4 Å². The molecule has 0 atom stereocenters. The standard InChI is InChI=1S/C14H22N2OS2/c1-9(17)12-11(15)13(18-2)14(19-12)16-10-7-5-3-4-6-8-10/h10,16H,3-8,15H2,1-2H3. The molecule has 1 aliphatic rings. The summed E-state index contributed by atoms with van der Waals surface area (Å²) >= 11 is 3.14. The second-order valence-electron chi connectivity index (χ2n) is 5.10. The number of carbonyl (C=O) groups is 1. The third-order valence-electron chi connectivity index (χ3n) is 3.61. The first-order valence-corrected chi connectivity index (χ1v) is 8.91. The lowest BCUT2D eigenvalue weighted by Crippen LogP contribution is -2.17.